The monoisotopic (exact) mass is 238 g/mol. The number of fused-ring (bicyclic) bond motifs is 1. The van der Waals surface area contributed by atoms with Gasteiger partial charge in [-0.1, -0.05) is 42.5 Å². The molecule has 0 saturated carbocycles. The zero-order chi connectivity index (χ0) is 12.5. The van der Waals surface area contributed by atoms with Crippen LogP contribution in [0.2, 0.25) is 0 Å². The molecule has 0 aliphatic rings. The van der Waals surface area contributed by atoms with Crippen LogP contribution in [0.5, 0.6) is 0 Å². The summed E-state index contributed by atoms with van der Waals surface area (Å²) in [6.07, 6.45) is 0. The topological polar surface area (TPSA) is 38.9 Å². The molecule has 3 heteroatoms. The fraction of sp³-hybridized carbons (Fsp3) is 0. The van der Waals surface area contributed by atoms with E-state index in [-0.39, 0.29) is 5.82 Å². The highest BCUT2D eigenvalue weighted by atomic mass is 19.1. The van der Waals surface area contributed by atoms with Crippen LogP contribution in [0.1, 0.15) is 0 Å². The first-order chi connectivity index (χ1) is 8.75. The van der Waals surface area contributed by atoms with E-state index in [1.165, 1.54) is 6.07 Å². The van der Waals surface area contributed by atoms with Gasteiger partial charge in [-0.2, -0.15) is 0 Å². The maximum Gasteiger partial charge on any atom is 0.149 e. The number of anilines is 1. The summed E-state index contributed by atoms with van der Waals surface area (Å²) in [5.41, 5.74) is 8.42. The minimum atomic E-state index is -0.350. The summed E-state index contributed by atoms with van der Waals surface area (Å²) in [6.45, 7) is 0. The summed E-state index contributed by atoms with van der Waals surface area (Å²) in [4.78, 5) is 4.35. The number of halogens is 1. The number of aromatic nitrogens is 1. The summed E-state index contributed by atoms with van der Waals surface area (Å²) in [7, 11) is 0. The molecule has 1 aromatic heterocycles. The Kier molecular flexibility index (Phi) is 2.45. The van der Waals surface area contributed by atoms with Crippen molar-refractivity contribution in [2.75, 3.05) is 5.73 Å². The highest BCUT2D eigenvalue weighted by molar-refractivity contribution is 5.92. The van der Waals surface area contributed by atoms with Gasteiger partial charge in [0.1, 0.15) is 11.3 Å². The molecule has 1 heterocycles. The molecule has 0 fully saturated rings. The molecule has 0 aliphatic carbocycles. The number of para-hydroxylation sites is 1. The third-order valence-electron chi connectivity index (χ3n) is 2.89. The predicted octanol–water partition coefficient (Wildman–Crippen LogP) is 3.62. The smallest absolute Gasteiger partial charge is 0.149 e. The van der Waals surface area contributed by atoms with E-state index in [0.29, 0.717) is 22.3 Å². The van der Waals surface area contributed by atoms with E-state index in [1.54, 1.807) is 18.2 Å². The molecule has 0 bridgehead atoms. The van der Waals surface area contributed by atoms with Gasteiger partial charge in [0.2, 0.25) is 0 Å². The number of nitrogens with two attached hydrogens (primary N) is 1. The van der Waals surface area contributed by atoms with Crippen LogP contribution in [0.3, 0.4) is 0 Å². The first-order valence-corrected chi connectivity index (χ1v) is 5.66. The Bertz CT molecular complexity index is 708. The second-order valence-corrected chi connectivity index (χ2v) is 4.10. The lowest BCUT2D eigenvalue weighted by Gasteiger charge is -2.07. The van der Waals surface area contributed by atoms with Gasteiger partial charge in [0, 0.05) is 16.6 Å². The van der Waals surface area contributed by atoms with E-state index in [2.05, 4.69) is 4.98 Å². The van der Waals surface area contributed by atoms with Crippen LogP contribution in [0, 0.1) is 5.82 Å². The first-order valence-electron chi connectivity index (χ1n) is 5.66. The normalized spacial score (nSPS) is 10.7. The van der Waals surface area contributed by atoms with Crippen molar-refractivity contribution >= 4 is 16.6 Å². The summed E-state index contributed by atoms with van der Waals surface area (Å²) in [6, 6.07) is 16.2. The fourth-order valence-electron chi connectivity index (χ4n) is 2.00. The quantitative estimate of drug-likeness (QED) is 0.703. The molecule has 0 amide bonds. The number of pyridine rings is 1. The van der Waals surface area contributed by atoms with Gasteiger partial charge in [-0.25, -0.2) is 9.37 Å². The van der Waals surface area contributed by atoms with Crippen molar-refractivity contribution in [3.63, 3.8) is 0 Å². The third-order valence-corrected chi connectivity index (χ3v) is 2.89. The Labute approximate surface area is 104 Å². The average Bonchev–Trinajstić information content (AvgIpc) is 2.41. The highest BCUT2D eigenvalue weighted by Gasteiger charge is 2.08. The summed E-state index contributed by atoms with van der Waals surface area (Å²) >= 11 is 0. The molecule has 0 spiro atoms. The van der Waals surface area contributed by atoms with E-state index < -0.39 is 0 Å². The maximum absolute atomic E-state index is 13.7. The first kappa shape index (κ1) is 10.7. The molecular weight excluding hydrogens is 227 g/mol. The predicted molar refractivity (Wildman–Crippen MR) is 71.5 cm³/mol. The van der Waals surface area contributed by atoms with Gasteiger partial charge < -0.3 is 5.73 Å². The molecule has 3 rings (SSSR count). The van der Waals surface area contributed by atoms with Crippen molar-refractivity contribution in [3.8, 4) is 11.3 Å². The zero-order valence-electron chi connectivity index (χ0n) is 9.60. The molecule has 18 heavy (non-hydrogen) atoms. The van der Waals surface area contributed by atoms with Gasteiger partial charge in [-0.15, -0.1) is 0 Å². The van der Waals surface area contributed by atoms with Crippen LogP contribution >= 0.6 is 0 Å². The molecule has 2 N–H and O–H groups in total. The Balaban J connectivity index is 2.31. The van der Waals surface area contributed by atoms with Gasteiger partial charge in [0.05, 0.1) is 5.69 Å². The molecule has 0 atom stereocenters. The Morgan fingerprint density at radius 3 is 2.50 bits per heavy atom. The van der Waals surface area contributed by atoms with Crippen molar-refractivity contribution in [2.24, 2.45) is 0 Å². The Hall–Kier alpha value is -2.42. The molecule has 2 aromatic carbocycles. The highest BCUT2D eigenvalue weighted by Crippen LogP contribution is 2.27. The van der Waals surface area contributed by atoms with Gasteiger partial charge in [-0.3, -0.25) is 0 Å². The number of nitrogen functional groups attached to an aromatic ring is 1. The van der Waals surface area contributed by atoms with Crippen molar-refractivity contribution in [1.82, 2.24) is 4.98 Å². The molecule has 2 nitrogen and oxygen atoms in total. The number of benzene rings is 2. The molecule has 0 unspecified atom stereocenters. The summed E-state index contributed by atoms with van der Waals surface area (Å²) < 4.78 is 13.7. The van der Waals surface area contributed by atoms with Crippen molar-refractivity contribution in [1.29, 1.82) is 0 Å². The van der Waals surface area contributed by atoms with E-state index in [1.807, 2.05) is 30.3 Å². The van der Waals surface area contributed by atoms with E-state index >= 15 is 0 Å². The second-order valence-electron chi connectivity index (χ2n) is 4.10. The average molecular weight is 238 g/mol. The van der Waals surface area contributed by atoms with Crippen LogP contribution in [-0.4, -0.2) is 4.98 Å². The zero-order valence-corrected chi connectivity index (χ0v) is 9.60. The van der Waals surface area contributed by atoms with Crippen LogP contribution in [0.15, 0.2) is 54.6 Å². The molecular formula is C15H11FN2. The van der Waals surface area contributed by atoms with Crippen molar-refractivity contribution in [3.05, 3.63) is 60.4 Å². The largest absolute Gasteiger partial charge is 0.398 e. The second kappa shape index (κ2) is 4.11. The van der Waals surface area contributed by atoms with Crippen LogP contribution in [0.4, 0.5) is 10.1 Å². The third kappa shape index (κ3) is 1.70. The minimum absolute atomic E-state index is 0.316. The number of hydrogen-bond donors (Lipinski definition) is 1. The van der Waals surface area contributed by atoms with Crippen molar-refractivity contribution in [2.45, 2.75) is 0 Å². The van der Waals surface area contributed by atoms with Crippen LogP contribution < -0.4 is 5.73 Å². The lowest BCUT2D eigenvalue weighted by atomic mass is 10.1. The van der Waals surface area contributed by atoms with E-state index in [0.717, 1.165) is 5.56 Å². The Morgan fingerprint density at radius 2 is 1.72 bits per heavy atom. The number of nitrogens with zero attached hydrogens (tertiary/aromatic N) is 1. The lowest BCUT2D eigenvalue weighted by Crippen LogP contribution is -1.94. The van der Waals surface area contributed by atoms with Gasteiger partial charge in [-0.05, 0) is 12.1 Å². The van der Waals surface area contributed by atoms with E-state index in [4.69, 9.17) is 5.73 Å². The van der Waals surface area contributed by atoms with Gasteiger partial charge in [0.25, 0.3) is 0 Å². The maximum atomic E-state index is 13.7. The van der Waals surface area contributed by atoms with Crippen LogP contribution in [0.25, 0.3) is 22.2 Å². The SMILES string of the molecule is Nc1cc(-c2ccccc2)nc2c(F)cccc12. The van der Waals surface area contributed by atoms with Crippen molar-refractivity contribution < 1.29 is 4.39 Å². The lowest BCUT2D eigenvalue weighted by molar-refractivity contribution is 0.637. The molecule has 0 saturated heterocycles. The fourth-order valence-corrected chi connectivity index (χ4v) is 2.00. The van der Waals surface area contributed by atoms with Crippen LogP contribution in [-0.2, 0) is 0 Å². The molecule has 88 valence electrons. The molecule has 0 aliphatic heterocycles. The summed E-state index contributed by atoms with van der Waals surface area (Å²) in [5, 5.41) is 0.648. The summed E-state index contributed by atoms with van der Waals surface area (Å²) in [5.74, 6) is -0.350. The molecule has 0 radical (unpaired) electrons. The minimum Gasteiger partial charge on any atom is -0.398 e. The number of rotatable bonds is 1. The van der Waals surface area contributed by atoms with Gasteiger partial charge in [0.15, 0.2) is 0 Å². The Morgan fingerprint density at radius 1 is 0.944 bits per heavy atom. The van der Waals surface area contributed by atoms with Gasteiger partial charge >= 0.3 is 0 Å². The molecule has 3 aromatic rings. The standard InChI is InChI=1S/C15H11FN2/c16-12-8-4-7-11-13(17)9-14(18-15(11)12)10-5-2-1-3-6-10/h1-9H,(H2,17,18). The van der Waals surface area contributed by atoms with E-state index in [9.17, 15) is 4.39 Å². The number of hydrogen-bond acceptors (Lipinski definition) is 2.